The number of likely N-dealkylation sites (N-methyl/N-ethyl adjacent to an activating group) is 1. The van der Waals surface area contributed by atoms with Gasteiger partial charge in [0.2, 0.25) is 11.0 Å². The van der Waals surface area contributed by atoms with Crippen LogP contribution in [0.25, 0.3) is 0 Å². The van der Waals surface area contributed by atoms with E-state index < -0.39 is 23.3 Å². The average Bonchev–Trinajstić information content (AvgIpc) is 3.43. The number of nitrogens with two attached hydrogens (primary N) is 1. The molecule has 1 fully saturated rings. The summed E-state index contributed by atoms with van der Waals surface area (Å²) in [5, 5.41) is 26.3. The lowest BCUT2D eigenvalue weighted by Gasteiger charge is -2.49. The number of nitrogens with zero attached hydrogens (tertiary/aromatic N) is 5. The summed E-state index contributed by atoms with van der Waals surface area (Å²) in [6.45, 7) is 1.60. The van der Waals surface area contributed by atoms with Gasteiger partial charge >= 0.3 is 5.97 Å². The molecule has 1 unspecified atom stereocenters. The van der Waals surface area contributed by atoms with Gasteiger partial charge in [0.1, 0.15) is 17.1 Å². The van der Waals surface area contributed by atoms with Crippen LogP contribution in [0.1, 0.15) is 5.69 Å². The maximum atomic E-state index is 12.8. The molecule has 4 heterocycles. The van der Waals surface area contributed by atoms with Crippen LogP contribution in [-0.2, 0) is 20.8 Å². The van der Waals surface area contributed by atoms with Crippen LogP contribution in [0.15, 0.2) is 21.0 Å². The van der Waals surface area contributed by atoms with Gasteiger partial charge in [-0.3, -0.25) is 14.5 Å². The van der Waals surface area contributed by atoms with Crippen LogP contribution >= 0.6 is 46.2 Å². The van der Waals surface area contributed by atoms with Gasteiger partial charge in [0, 0.05) is 30.0 Å². The summed E-state index contributed by atoms with van der Waals surface area (Å²) in [6, 6.07) is -0.772. The number of carboxylic acid groups (broad SMARTS) is 1. The lowest BCUT2D eigenvalue weighted by molar-refractivity contribution is -0.150. The van der Waals surface area contributed by atoms with Gasteiger partial charge in [-0.1, -0.05) is 23.1 Å². The van der Waals surface area contributed by atoms with Crippen LogP contribution in [0, 0.1) is 0 Å². The molecule has 2 amide bonds. The van der Waals surface area contributed by atoms with Crippen molar-refractivity contribution in [3.8, 4) is 0 Å². The molecule has 35 heavy (non-hydrogen) atoms. The van der Waals surface area contributed by atoms with Crippen molar-refractivity contribution >= 4 is 74.2 Å². The van der Waals surface area contributed by atoms with Gasteiger partial charge in [-0.05, 0) is 19.7 Å². The third-order valence-electron chi connectivity index (χ3n) is 5.09. The quantitative estimate of drug-likeness (QED) is 0.225. The predicted octanol–water partition coefficient (Wildman–Crippen LogP) is 0.624. The highest BCUT2D eigenvalue weighted by molar-refractivity contribution is 8.01. The Morgan fingerprint density at radius 1 is 1.37 bits per heavy atom. The zero-order chi connectivity index (χ0) is 25.1. The van der Waals surface area contributed by atoms with Gasteiger partial charge in [0.25, 0.3) is 5.91 Å². The van der Waals surface area contributed by atoms with E-state index in [-0.39, 0.29) is 18.0 Å². The normalized spacial score (nSPS) is 19.5. The number of hydrogen-bond donors (Lipinski definition) is 4. The third kappa shape index (κ3) is 6.06. The number of nitrogen functional groups attached to an aromatic ring is 1. The molecule has 4 rings (SSSR count). The van der Waals surface area contributed by atoms with E-state index in [0.717, 1.165) is 13.1 Å². The zero-order valence-corrected chi connectivity index (χ0v) is 22.2. The second-order valence-corrected chi connectivity index (χ2v) is 12.2. The Labute approximate surface area is 217 Å². The molecule has 16 heteroatoms. The number of thiazole rings is 1. The summed E-state index contributed by atoms with van der Waals surface area (Å²) in [4.78, 5) is 44.6. The minimum absolute atomic E-state index is 0.00617. The number of aliphatic carboxylic acids is 1. The smallest absolute Gasteiger partial charge is 0.352 e. The second-order valence-electron chi connectivity index (χ2n) is 7.96. The maximum absolute atomic E-state index is 12.8. The Morgan fingerprint density at radius 2 is 2.17 bits per heavy atom. The summed E-state index contributed by atoms with van der Waals surface area (Å²) < 4.78 is 0.712. The van der Waals surface area contributed by atoms with Crippen molar-refractivity contribution in [3.63, 3.8) is 0 Å². The van der Waals surface area contributed by atoms with Crippen molar-refractivity contribution < 1.29 is 19.5 Å². The van der Waals surface area contributed by atoms with Crippen LogP contribution in [0.4, 0.5) is 10.3 Å². The Balaban J connectivity index is 1.35. The summed E-state index contributed by atoms with van der Waals surface area (Å²) >= 11 is 5.46. The van der Waals surface area contributed by atoms with E-state index in [9.17, 15) is 19.5 Å². The number of β-lactam (4-membered cyclic amide) rings is 1. The van der Waals surface area contributed by atoms with Gasteiger partial charge in [0.15, 0.2) is 9.47 Å². The lowest BCUT2D eigenvalue weighted by Crippen LogP contribution is -2.70. The number of rotatable bonds is 11. The fraction of sp³-hybridized carbons (Fsp3) is 0.474. The number of carboxylic acids is 1. The Hall–Kier alpha value is -2.40. The molecule has 2 aliphatic heterocycles. The molecule has 188 valence electrons. The number of amides is 2. The highest BCUT2D eigenvalue weighted by atomic mass is 32.2. The summed E-state index contributed by atoms with van der Waals surface area (Å²) in [6.07, 6.45) is 0.00617. The summed E-state index contributed by atoms with van der Waals surface area (Å²) in [5.74, 6) is -1.14. The van der Waals surface area contributed by atoms with Gasteiger partial charge < -0.3 is 26.4 Å². The van der Waals surface area contributed by atoms with E-state index in [1.165, 1.54) is 51.1 Å². The van der Waals surface area contributed by atoms with E-state index in [1.807, 2.05) is 14.1 Å². The molecule has 5 N–H and O–H groups in total. The molecule has 0 bridgehead atoms. The summed E-state index contributed by atoms with van der Waals surface area (Å²) in [5.41, 5.74) is 6.74. The molecule has 0 aromatic carbocycles. The highest BCUT2D eigenvalue weighted by Crippen LogP contribution is 2.42. The van der Waals surface area contributed by atoms with Gasteiger partial charge in [-0.25, -0.2) is 9.78 Å². The van der Waals surface area contributed by atoms with Crippen molar-refractivity contribution in [2.24, 2.45) is 0 Å². The Kier molecular flexibility index (Phi) is 8.16. The third-order valence-corrected chi connectivity index (χ3v) is 9.25. The molecule has 2 atom stereocenters. The number of aromatic nitrogens is 3. The molecule has 12 nitrogen and oxygen atoms in total. The topological polar surface area (TPSA) is 167 Å². The number of nitrogens with one attached hydrogen (secondary N) is 2. The molecule has 1 saturated heterocycles. The molecule has 0 spiro atoms. The van der Waals surface area contributed by atoms with E-state index in [2.05, 4.69) is 30.7 Å². The molecule has 0 radical (unpaired) electrons. The monoisotopic (exact) mass is 556 g/mol. The van der Waals surface area contributed by atoms with Crippen LogP contribution in [0.5, 0.6) is 0 Å². The number of fused-ring (bicyclic) bond motifs is 1. The lowest BCUT2D eigenvalue weighted by atomic mass is 10.0. The van der Waals surface area contributed by atoms with Crippen molar-refractivity contribution in [1.29, 1.82) is 0 Å². The molecule has 2 aromatic heterocycles. The summed E-state index contributed by atoms with van der Waals surface area (Å²) in [7, 11) is 3.98. The maximum Gasteiger partial charge on any atom is 0.352 e. The van der Waals surface area contributed by atoms with Crippen LogP contribution in [-0.4, -0.2) is 98.0 Å². The minimum atomic E-state index is -1.16. The van der Waals surface area contributed by atoms with E-state index in [0.29, 0.717) is 37.4 Å². The number of hydrogen-bond acceptors (Lipinski definition) is 13. The van der Waals surface area contributed by atoms with Crippen molar-refractivity contribution in [2.45, 2.75) is 22.2 Å². The number of carbonyl (C=O) groups excluding carboxylic acids is 2. The fourth-order valence-electron chi connectivity index (χ4n) is 3.46. The molecule has 2 aromatic rings. The van der Waals surface area contributed by atoms with Crippen molar-refractivity contribution in [2.75, 3.05) is 49.7 Å². The first-order valence-corrected chi connectivity index (χ1v) is 14.2. The van der Waals surface area contributed by atoms with Gasteiger partial charge in [-0.15, -0.1) is 33.3 Å². The number of carbonyl (C=O) groups is 3. The van der Waals surface area contributed by atoms with Crippen LogP contribution in [0.3, 0.4) is 0 Å². The SMILES string of the molecule is CN(C)CCNc1nnc(SCC2=C(C(=O)O)N3C(=O)C(NC(=O)Cc4csc(N)n4)[C@@H]3SC2)s1. The van der Waals surface area contributed by atoms with E-state index in [4.69, 9.17) is 5.73 Å². The van der Waals surface area contributed by atoms with Gasteiger partial charge in [0.05, 0.1) is 12.1 Å². The molecular weight excluding hydrogens is 533 g/mol. The van der Waals surface area contributed by atoms with E-state index >= 15 is 0 Å². The molecular formula is C19H24N8O4S4. The van der Waals surface area contributed by atoms with Gasteiger partial charge in [-0.2, -0.15) is 0 Å². The second kappa shape index (κ2) is 11.1. The minimum Gasteiger partial charge on any atom is -0.477 e. The van der Waals surface area contributed by atoms with Crippen LogP contribution < -0.4 is 16.4 Å². The largest absolute Gasteiger partial charge is 0.477 e. The molecule has 0 saturated carbocycles. The zero-order valence-electron chi connectivity index (χ0n) is 18.9. The first kappa shape index (κ1) is 25.7. The first-order valence-electron chi connectivity index (χ1n) is 10.5. The standard InChI is InChI=1S/C19H24N8O4S4/c1-26(2)4-3-21-18-24-25-19(35-18)34-7-9-6-32-15-12(14(29)27(15)13(9)16(30)31)23-11(28)5-10-8-33-17(20)22-10/h8,12,15H,3-7H2,1-2H3,(H2,20,22)(H,21,24)(H,23,28)(H,30,31)/t12?,15-/m0/s1. The average molecular weight is 557 g/mol. The first-order chi connectivity index (χ1) is 16.7. The number of thioether (sulfide) groups is 2. The fourth-order valence-corrected chi connectivity index (χ4v) is 7.29. The van der Waals surface area contributed by atoms with Crippen molar-refractivity contribution in [1.82, 2.24) is 30.3 Å². The molecule has 2 aliphatic rings. The highest BCUT2D eigenvalue weighted by Gasteiger charge is 2.54. The van der Waals surface area contributed by atoms with Crippen molar-refractivity contribution in [3.05, 3.63) is 22.3 Å². The number of anilines is 2. The van der Waals surface area contributed by atoms with Crippen LogP contribution in [0.2, 0.25) is 0 Å². The Bertz CT molecular complexity index is 1150. The molecule has 0 aliphatic carbocycles. The predicted molar refractivity (Wildman–Crippen MR) is 138 cm³/mol. The Morgan fingerprint density at radius 3 is 2.86 bits per heavy atom. The van der Waals surface area contributed by atoms with E-state index in [1.54, 1.807) is 5.38 Å².